The fraction of sp³-hybridized carbons (Fsp3) is 0.524. The summed E-state index contributed by atoms with van der Waals surface area (Å²) in [5.74, 6) is -1.43. The molecule has 0 bridgehead atoms. The Morgan fingerprint density at radius 1 is 1.20 bits per heavy atom. The van der Waals surface area contributed by atoms with Crippen LogP contribution in [-0.4, -0.2) is 57.4 Å². The normalized spacial score (nSPS) is 17.9. The van der Waals surface area contributed by atoms with Gasteiger partial charge in [0.1, 0.15) is 0 Å². The van der Waals surface area contributed by atoms with Crippen LogP contribution in [0.2, 0.25) is 5.02 Å². The predicted octanol–water partition coefficient (Wildman–Crippen LogP) is 2.02. The molecule has 0 aliphatic carbocycles. The fourth-order valence-corrected chi connectivity index (χ4v) is 4.12. The standard InChI is InChI=1S/C21H29ClN4O4/c1-4-29-20(27)16(21(28)30-5-2)13-24-26-14(3)12-15-18(26)7-6-17(22)19(15)25-10-8-23-9-11-25/h6-7,13-14,23-24H,4-5,8-12H2,1-3H3. The smallest absolute Gasteiger partial charge is 0.347 e. The van der Waals surface area contributed by atoms with Crippen molar-refractivity contribution < 1.29 is 19.1 Å². The van der Waals surface area contributed by atoms with Crippen molar-refractivity contribution in [2.45, 2.75) is 33.2 Å². The Hall–Kier alpha value is -2.45. The number of hydrogen-bond acceptors (Lipinski definition) is 8. The molecule has 2 aliphatic heterocycles. The summed E-state index contributed by atoms with van der Waals surface area (Å²) in [5.41, 5.74) is 6.14. The SMILES string of the molecule is CCOC(=O)C(=CNN1c2ccc(Cl)c(N3CCNCC3)c2CC1C)C(=O)OCC. The van der Waals surface area contributed by atoms with E-state index in [4.69, 9.17) is 21.1 Å². The van der Waals surface area contributed by atoms with E-state index in [0.717, 1.165) is 54.6 Å². The lowest BCUT2D eigenvalue weighted by Crippen LogP contribution is -2.44. The summed E-state index contributed by atoms with van der Waals surface area (Å²) in [6.07, 6.45) is 2.16. The molecule has 0 saturated carbocycles. The third-order valence-electron chi connectivity index (χ3n) is 5.18. The number of carbonyl (C=O) groups is 2. The molecule has 164 valence electrons. The maximum absolute atomic E-state index is 12.2. The molecule has 30 heavy (non-hydrogen) atoms. The third kappa shape index (κ3) is 4.65. The number of nitrogens with zero attached hydrogens (tertiary/aromatic N) is 2. The molecular formula is C21H29ClN4O4. The van der Waals surface area contributed by atoms with Gasteiger partial charge in [-0.05, 0) is 39.3 Å². The summed E-state index contributed by atoms with van der Waals surface area (Å²) in [4.78, 5) is 26.7. The molecule has 8 nitrogen and oxygen atoms in total. The minimum absolute atomic E-state index is 0.0991. The van der Waals surface area contributed by atoms with Crippen LogP contribution in [0.1, 0.15) is 26.3 Å². The van der Waals surface area contributed by atoms with E-state index >= 15 is 0 Å². The van der Waals surface area contributed by atoms with Crippen molar-refractivity contribution in [3.05, 3.63) is 34.5 Å². The summed E-state index contributed by atoms with van der Waals surface area (Å²) >= 11 is 6.58. The van der Waals surface area contributed by atoms with Crippen molar-refractivity contribution >= 4 is 34.9 Å². The van der Waals surface area contributed by atoms with Gasteiger partial charge in [-0.15, -0.1) is 0 Å². The Kier molecular flexibility index (Phi) is 7.44. The fourth-order valence-electron chi connectivity index (χ4n) is 3.83. The molecule has 0 radical (unpaired) electrons. The van der Waals surface area contributed by atoms with E-state index < -0.39 is 11.9 Å². The Morgan fingerprint density at radius 2 is 1.83 bits per heavy atom. The minimum Gasteiger partial charge on any atom is -0.462 e. The van der Waals surface area contributed by atoms with Gasteiger partial charge in [0.25, 0.3) is 0 Å². The molecule has 9 heteroatoms. The monoisotopic (exact) mass is 436 g/mol. The highest BCUT2D eigenvalue weighted by atomic mass is 35.5. The molecule has 2 N–H and O–H groups in total. The number of rotatable bonds is 7. The summed E-state index contributed by atoms with van der Waals surface area (Å²) in [6.45, 7) is 9.43. The Balaban J connectivity index is 1.88. The molecule has 0 aromatic heterocycles. The van der Waals surface area contributed by atoms with Crippen LogP contribution in [-0.2, 0) is 25.5 Å². The lowest BCUT2D eigenvalue weighted by atomic mass is 10.1. The van der Waals surface area contributed by atoms with E-state index in [-0.39, 0.29) is 24.8 Å². The van der Waals surface area contributed by atoms with Crippen LogP contribution in [0.15, 0.2) is 23.9 Å². The van der Waals surface area contributed by atoms with Gasteiger partial charge < -0.3 is 25.1 Å². The first-order valence-corrected chi connectivity index (χ1v) is 10.7. The largest absolute Gasteiger partial charge is 0.462 e. The second-order valence-electron chi connectivity index (χ2n) is 7.18. The van der Waals surface area contributed by atoms with Crippen molar-refractivity contribution in [3.8, 4) is 0 Å². The molecular weight excluding hydrogens is 408 g/mol. The molecule has 1 fully saturated rings. The average Bonchev–Trinajstić information content (AvgIpc) is 3.04. The van der Waals surface area contributed by atoms with Crippen LogP contribution in [0.5, 0.6) is 0 Å². The molecule has 1 aromatic carbocycles. The van der Waals surface area contributed by atoms with E-state index in [1.165, 1.54) is 6.20 Å². The molecule has 2 heterocycles. The van der Waals surface area contributed by atoms with E-state index in [1.807, 2.05) is 17.1 Å². The van der Waals surface area contributed by atoms with Crippen molar-refractivity contribution in [3.63, 3.8) is 0 Å². The summed E-state index contributed by atoms with van der Waals surface area (Å²) in [6, 6.07) is 3.95. The number of nitrogens with one attached hydrogen (secondary N) is 2. The van der Waals surface area contributed by atoms with Gasteiger partial charge in [-0.1, -0.05) is 11.6 Å². The van der Waals surface area contributed by atoms with Gasteiger partial charge in [-0.25, -0.2) is 9.59 Å². The van der Waals surface area contributed by atoms with E-state index in [9.17, 15) is 9.59 Å². The molecule has 1 aromatic rings. The summed E-state index contributed by atoms with van der Waals surface area (Å²) in [7, 11) is 0. The van der Waals surface area contributed by atoms with Gasteiger partial charge in [0, 0.05) is 37.9 Å². The maximum atomic E-state index is 12.2. The van der Waals surface area contributed by atoms with Gasteiger partial charge in [0.05, 0.1) is 35.7 Å². The number of carbonyl (C=O) groups excluding carboxylic acids is 2. The van der Waals surface area contributed by atoms with Gasteiger partial charge in [-0.3, -0.25) is 5.01 Å². The van der Waals surface area contributed by atoms with Crippen molar-refractivity contribution in [2.75, 3.05) is 49.3 Å². The van der Waals surface area contributed by atoms with E-state index in [1.54, 1.807) is 13.8 Å². The first kappa shape index (κ1) is 22.2. The molecule has 1 atom stereocenters. The second kappa shape index (κ2) is 10.0. The van der Waals surface area contributed by atoms with Crippen LogP contribution in [0.25, 0.3) is 0 Å². The average molecular weight is 437 g/mol. The molecule has 3 rings (SSSR count). The first-order valence-electron chi connectivity index (χ1n) is 10.3. The van der Waals surface area contributed by atoms with Crippen LogP contribution < -0.4 is 20.7 Å². The van der Waals surface area contributed by atoms with Crippen LogP contribution in [0.4, 0.5) is 11.4 Å². The van der Waals surface area contributed by atoms with E-state index in [0.29, 0.717) is 0 Å². The van der Waals surface area contributed by atoms with E-state index in [2.05, 4.69) is 22.6 Å². The Bertz CT molecular complexity index is 803. The van der Waals surface area contributed by atoms with Crippen molar-refractivity contribution in [1.29, 1.82) is 0 Å². The number of esters is 2. The molecule has 2 aliphatic rings. The van der Waals surface area contributed by atoms with Crippen molar-refractivity contribution in [2.24, 2.45) is 0 Å². The number of hydrogen-bond donors (Lipinski definition) is 2. The first-order chi connectivity index (χ1) is 14.5. The van der Waals surface area contributed by atoms with Crippen LogP contribution in [0, 0.1) is 0 Å². The lowest BCUT2D eigenvalue weighted by Gasteiger charge is -2.32. The maximum Gasteiger partial charge on any atom is 0.347 e. The molecule has 0 amide bonds. The number of hydrazine groups is 1. The zero-order valence-corrected chi connectivity index (χ0v) is 18.4. The second-order valence-corrected chi connectivity index (χ2v) is 7.59. The number of piperazine rings is 1. The van der Waals surface area contributed by atoms with Crippen LogP contribution in [0.3, 0.4) is 0 Å². The van der Waals surface area contributed by atoms with Crippen molar-refractivity contribution in [1.82, 2.24) is 10.7 Å². The molecule has 1 saturated heterocycles. The summed E-state index contributed by atoms with van der Waals surface area (Å²) < 4.78 is 10.0. The van der Waals surface area contributed by atoms with Gasteiger partial charge in [0.2, 0.25) is 0 Å². The minimum atomic E-state index is -0.715. The predicted molar refractivity (Wildman–Crippen MR) is 117 cm³/mol. The molecule has 0 spiro atoms. The van der Waals surface area contributed by atoms with Crippen LogP contribution >= 0.6 is 11.6 Å². The summed E-state index contributed by atoms with van der Waals surface area (Å²) in [5, 5.41) is 6.04. The Labute approximate surface area is 182 Å². The third-order valence-corrected chi connectivity index (χ3v) is 5.49. The zero-order chi connectivity index (χ0) is 21.7. The number of benzene rings is 1. The quantitative estimate of drug-likeness (QED) is 0.291. The number of halogens is 1. The van der Waals surface area contributed by atoms with Gasteiger partial charge >= 0.3 is 11.9 Å². The number of ether oxygens (including phenoxy) is 2. The number of fused-ring (bicyclic) bond motifs is 1. The highest BCUT2D eigenvalue weighted by Gasteiger charge is 2.32. The van der Waals surface area contributed by atoms with Gasteiger partial charge in [-0.2, -0.15) is 0 Å². The molecule has 1 unspecified atom stereocenters. The Morgan fingerprint density at radius 3 is 2.43 bits per heavy atom. The lowest BCUT2D eigenvalue weighted by molar-refractivity contribution is -0.146. The topological polar surface area (TPSA) is 83.1 Å². The highest BCUT2D eigenvalue weighted by Crippen LogP contribution is 2.42. The highest BCUT2D eigenvalue weighted by molar-refractivity contribution is 6.33. The number of anilines is 2. The zero-order valence-electron chi connectivity index (χ0n) is 17.7. The van der Waals surface area contributed by atoms with Gasteiger partial charge in [0.15, 0.2) is 5.57 Å².